The molecule has 1 atom stereocenters. The molecule has 2 aromatic heterocycles. The molecule has 0 fully saturated rings. The van der Waals surface area contributed by atoms with Crippen LogP contribution in [0.3, 0.4) is 0 Å². The van der Waals surface area contributed by atoms with Gasteiger partial charge in [0.15, 0.2) is 0 Å². The Morgan fingerprint density at radius 1 is 1.56 bits per heavy atom. The number of rotatable bonds is 3. The molecule has 2 heterocycles. The molecule has 0 spiro atoms. The zero-order valence-electron chi connectivity index (χ0n) is 9.34. The van der Waals surface area contributed by atoms with Gasteiger partial charge in [-0.1, -0.05) is 5.16 Å². The number of carbonyl (C=O) groups excluding carboxylic acids is 1. The number of nitrogens with zero attached hydrogens (tertiary/aromatic N) is 4. The Labute approximate surface area is 92.3 Å². The highest BCUT2D eigenvalue weighted by Crippen LogP contribution is 2.18. The third kappa shape index (κ3) is 1.86. The molecule has 0 aliphatic heterocycles. The van der Waals surface area contributed by atoms with Gasteiger partial charge in [-0.3, -0.25) is 9.48 Å². The molecule has 16 heavy (non-hydrogen) atoms. The monoisotopic (exact) mass is 220 g/mol. The van der Waals surface area contributed by atoms with E-state index in [9.17, 15) is 4.79 Å². The largest absolute Gasteiger partial charge is 0.338 e. The summed E-state index contributed by atoms with van der Waals surface area (Å²) in [5, 5.41) is 7.93. The number of hydrogen-bond acceptors (Lipinski definition) is 5. The fourth-order valence-corrected chi connectivity index (χ4v) is 1.22. The molecule has 2 rings (SSSR count). The predicted octanol–water partition coefficient (Wildman–Crippen LogP) is 1.16. The minimum absolute atomic E-state index is 0.00350. The molecule has 0 aliphatic carbocycles. The van der Waals surface area contributed by atoms with E-state index in [4.69, 9.17) is 4.52 Å². The van der Waals surface area contributed by atoms with Gasteiger partial charge in [0.25, 0.3) is 0 Å². The summed E-state index contributed by atoms with van der Waals surface area (Å²) in [5.41, 5.74) is 0.633. The van der Waals surface area contributed by atoms with Crippen LogP contribution in [0.4, 0.5) is 0 Å². The fourth-order valence-electron chi connectivity index (χ4n) is 1.22. The molecule has 0 bridgehead atoms. The van der Waals surface area contributed by atoms with Gasteiger partial charge < -0.3 is 4.52 Å². The average Bonchev–Trinajstić information content (AvgIpc) is 2.84. The van der Waals surface area contributed by atoms with Crippen LogP contribution in [-0.2, 0) is 11.8 Å². The average molecular weight is 220 g/mol. The van der Waals surface area contributed by atoms with Crippen molar-refractivity contribution in [3.05, 3.63) is 18.2 Å². The van der Waals surface area contributed by atoms with Crippen molar-refractivity contribution in [3.63, 3.8) is 0 Å². The molecule has 0 aromatic carbocycles. The Morgan fingerprint density at radius 3 is 2.88 bits per heavy atom. The van der Waals surface area contributed by atoms with Crippen molar-refractivity contribution in [2.45, 2.75) is 19.8 Å². The summed E-state index contributed by atoms with van der Waals surface area (Å²) in [6.07, 6.45) is 1.79. The Balaban J connectivity index is 2.29. The van der Waals surface area contributed by atoms with Crippen LogP contribution < -0.4 is 0 Å². The second kappa shape index (κ2) is 3.88. The highest BCUT2D eigenvalue weighted by molar-refractivity contribution is 5.81. The molecule has 0 saturated carbocycles. The van der Waals surface area contributed by atoms with Crippen molar-refractivity contribution < 1.29 is 9.32 Å². The SMILES string of the molecule is CC(=O)C(C)c1nc(-c2ccn(C)n2)no1. The smallest absolute Gasteiger partial charge is 0.237 e. The first-order valence-corrected chi connectivity index (χ1v) is 4.92. The number of carbonyl (C=O) groups is 1. The van der Waals surface area contributed by atoms with E-state index in [0.717, 1.165) is 0 Å². The summed E-state index contributed by atoms with van der Waals surface area (Å²) in [7, 11) is 1.81. The van der Waals surface area contributed by atoms with Crippen LogP contribution >= 0.6 is 0 Å². The first kappa shape index (κ1) is 10.5. The summed E-state index contributed by atoms with van der Waals surface area (Å²) >= 11 is 0. The van der Waals surface area contributed by atoms with Gasteiger partial charge in [0.1, 0.15) is 11.5 Å². The lowest BCUT2D eigenvalue weighted by Gasteiger charge is -1.97. The first-order valence-electron chi connectivity index (χ1n) is 4.92. The summed E-state index contributed by atoms with van der Waals surface area (Å²) in [6.45, 7) is 3.23. The molecule has 0 radical (unpaired) electrons. The highest BCUT2D eigenvalue weighted by atomic mass is 16.5. The number of aromatic nitrogens is 4. The lowest BCUT2D eigenvalue weighted by molar-refractivity contribution is -0.118. The van der Waals surface area contributed by atoms with Gasteiger partial charge in [-0.2, -0.15) is 10.1 Å². The predicted molar refractivity (Wildman–Crippen MR) is 55.6 cm³/mol. The van der Waals surface area contributed by atoms with Crippen molar-refractivity contribution in [2.75, 3.05) is 0 Å². The molecule has 0 N–H and O–H groups in total. The Bertz CT molecular complexity index is 514. The van der Waals surface area contributed by atoms with Crippen molar-refractivity contribution in [2.24, 2.45) is 7.05 Å². The van der Waals surface area contributed by atoms with E-state index in [1.54, 1.807) is 23.9 Å². The van der Waals surface area contributed by atoms with Gasteiger partial charge in [-0.25, -0.2) is 0 Å². The first-order chi connectivity index (χ1) is 7.58. The van der Waals surface area contributed by atoms with Crippen molar-refractivity contribution in [1.29, 1.82) is 0 Å². The summed E-state index contributed by atoms with van der Waals surface area (Å²) in [4.78, 5) is 15.3. The van der Waals surface area contributed by atoms with E-state index < -0.39 is 0 Å². The minimum atomic E-state index is -0.370. The van der Waals surface area contributed by atoms with Crippen LogP contribution in [0.5, 0.6) is 0 Å². The summed E-state index contributed by atoms with van der Waals surface area (Å²) < 4.78 is 6.67. The highest BCUT2D eigenvalue weighted by Gasteiger charge is 2.19. The third-order valence-electron chi connectivity index (χ3n) is 2.36. The Kier molecular flexibility index (Phi) is 2.55. The van der Waals surface area contributed by atoms with Gasteiger partial charge >= 0.3 is 0 Å². The molecule has 2 aromatic rings. The van der Waals surface area contributed by atoms with Crippen molar-refractivity contribution in [1.82, 2.24) is 19.9 Å². The van der Waals surface area contributed by atoms with Crippen LogP contribution in [-0.4, -0.2) is 25.7 Å². The number of hydrogen-bond donors (Lipinski definition) is 0. The van der Waals surface area contributed by atoms with Crippen LogP contribution in [0.15, 0.2) is 16.8 Å². The van der Waals surface area contributed by atoms with Crippen LogP contribution in [0, 0.1) is 0 Å². The molecule has 0 saturated heterocycles. The maximum Gasteiger partial charge on any atom is 0.237 e. The Hall–Kier alpha value is -1.98. The number of aryl methyl sites for hydroxylation is 1. The van der Waals surface area contributed by atoms with E-state index >= 15 is 0 Å². The number of Topliss-reactive ketones (excluding diaryl/α,β-unsaturated/α-hetero) is 1. The molecule has 84 valence electrons. The van der Waals surface area contributed by atoms with E-state index in [0.29, 0.717) is 17.4 Å². The van der Waals surface area contributed by atoms with E-state index in [1.165, 1.54) is 6.92 Å². The van der Waals surface area contributed by atoms with Gasteiger partial charge in [0.2, 0.25) is 11.7 Å². The standard InChI is InChI=1S/C10H12N4O2/c1-6(7(2)15)10-11-9(13-16-10)8-4-5-14(3)12-8/h4-6H,1-3H3. The zero-order valence-corrected chi connectivity index (χ0v) is 9.34. The topological polar surface area (TPSA) is 73.8 Å². The number of ketones is 1. The molecule has 6 nitrogen and oxygen atoms in total. The molecule has 0 amide bonds. The van der Waals surface area contributed by atoms with Crippen molar-refractivity contribution in [3.8, 4) is 11.5 Å². The van der Waals surface area contributed by atoms with Crippen LogP contribution in [0.2, 0.25) is 0 Å². The van der Waals surface area contributed by atoms with E-state index in [-0.39, 0.29) is 11.7 Å². The van der Waals surface area contributed by atoms with Gasteiger partial charge in [0.05, 0.1) is 5.92 Å². The van der Waals surface area contributed by atoms with Crippen LogP contribution in [0.25, 0.3) is 11.5 Å². The summed E-state index contributed by atoms with van der Waals surface area (Å²) in [6, 6.07) is 1.78. The summed E-state index contributed by atoms with van der Waals surface area (Å²) in [5.74, 6) is 0.359. The minimum Gasteiger partial charge on any atom is -0.338 e. The molecule has 6 heteroatoms. The molecule has 0 aliphatic rings. The lowest BCUT2D eigenvalue weighted by atomic mass is 10.1. The second-order valence-corrected chi connectivity index (χ2v) is 3.66. The fraction of sp³-hybridized carbons (Fsp3) is 0.400. The lowest BCUT2D eigenvalue weighted by Crippen LogP contribution is -2.04. The maximum absolute atomic E-state index is 11.1. The van der Waals surface area contributed by atoms with Crippen LogP contribution in [0.1, 0.15) is 25.7 Å². The molecular weight excluding hydrogens is 208 g/mol. The van der Waals surface area contributed by atoms with Gasteiger partial charge in [-0.15, -0.1) is 0 Å². The van der Waals surface area contributed by atoms with Gasteiger partial charge in [0, 0.05) is 13.2 Å². The molecule has 1 unspecified atom stereocenters. The van der Waals surface area contributed by atoms with E-state index in [2.05, 4.69) is 15.2 Å². The normalized spacial score (nSPS) is 12.7. The second-order valence-electron chi connectivity index (χ2n) is 3.66. The molecular formula is C10H12N4O2. The quantitative estimate of drug-likeness (QED) is 0.776. The Morgan fingerprint density at radius 2 is 2.31 bits per heavy atom. The third-order valence-corrected chi connectivity index (χ3v) is 2.36. The van der Waals surface area contributed by atoms with Gasteiger partial charge in [-0.05, 0) is 19.9 Å². The van der Waals surface area contributed by atoms with E-state index in [1.807, 2.05) is 7.05 Å². The zero-order chi connectivity index (χ0) is 11.7. The van der Waals surface area contributed by atoms with Crippen molar-refractivity contribution >= 4 is 5.78 Å². The maximum atomic E-state index is 11.1.